The number of hydrogen-bond acceptors (Lipinski definition) is 4. The Morgan fingerprint density at radius 1 is 1.58 bits per heavy atom. The Balaban J connectivity index is 2.83. The van der Waals surface area contributed by atoms with Gasteiger partial charge in [0.25, 0.3) is 5.56 Å². The van der Waals surface area contributed by atoms with Crippen LogP contribution in [-0.2, 0) is 0 Å². The Bertz CT molecular complexity index is 456. The smallest absolute Gasteiger partial charge is 0.276 e. The molecule has 0 aromatic carbocycles. The van der Waals surface area contributed by atoms with Crippen LogP contribution in [0.5, 0.6) is 0 Å². The van der Waals surface area contributed by atoms with E-state index in [0.29, 0.717) is 17.1 Å². The average molecular weight is 165 g/mol. The lowest BCUT2D eigenvalue weighted by Crippen LogP contribution is -2.05. The molecule has 0 aliphatic rings. The highest BCUT2D eigenvalue weighted by Crippen LogP contribution is 2.04. The second kappa shape index (κ2) is 2.33. The molecule has 0 amide bonds. The fourth-order valence-corrected chi connectivity index (χ4v) is 0.958. The number of imidazole rings is 1. The Morgan fingerprint density at radius 2 is 2.42 bits per heavy atom. The van der Waals surface area contributed by atoms with Gasteiger partial charge in [0.15, 0.2) is 11.2 Å². The van der Waals surface area contributed by atoms with Crippen LogP contribution < -0.4 is 10.9 Å². The number of hydrogen-bond donors (Lipinski definition) is 3. The molecular weight excluding hydrogens is 158 g/mol. The lowest BCUT2D eigenvalue weighted by atomic mass is 10.6. The van der Waals surface area contributed by atoms with E-state index in [0.717, 1.165) is 0 Å². The molecule has 12 heavy (non-hydrogen) atoms. The molecule has 6 heteroatoms. The first-order chi connectivity index (χ1) is 5.81. The zero-order valence-electron chi connectivity index (χ0n) is 6.38. The van der Waals surface area contributed by atoms with Crippen molar-refractivity contribution in [3.63, 3.8) is 0 Å². The molecule has 0 aliphatic heterocycles. The molecule has 62 valence electrons. The summed E-state index contributed by atoms with van der Waals surface area (Å²) < 4.78 is 0. The van der Waals surface area contributed by atoms with Crippen LogP contribution in [-0.4, -0.2) is 27.0 Å². The predicted molar refractivity (Wildman–Crippen MR) is 44.1 cm³/mol. The topological polar surface area (TPSA) is 86.5 Å². The van der Waals surface area contributed by atoms with Gasteiger partial charge in [-0.3, -0.25) is 4.79 Å². The number of nitrogens with zero attached hydrogens (tertiary/aromatic N) is 2. The van der Waals surface area contributed by atoms with Crippen molar-refractivity contribution in [1.82, 2.24) is 19.9 Å². The molecule has 0 bridgehead atoms. The van der Waals surface area contributed by atoms with E-state index < -0.39 is 0 Å². The lowest BCUT2D eigenvalue weighted by molar-refractivity contribution is 1.15. The summed E-state index contributed by atoms with van der Waals surface area (Å²) in [5, 5.41) is 2.78. The van der Waals surface area contributed by atoms with E-state index in [1.165, 1.54) is 6.33 Å². The minimum absolute atomic E-state index is 0.214. The monoisotopic (exact) mass is 165 g/mol. The van der Waals surface area contributed by atoms with Gasteiger partial charge in [0.1, 0.15) is 0 Å². The third kappa shape index (κ3) is 0.849. The molecule has 0 saturated carbocycles. The van der Waals surface area contributed by atoms with Crippen molar-refractivity contribution in [3.05, 3.63) is 16.7 Å². The van der Waals surface area contributed by atoms with E-state index in [4.69, 9.17) is 0 Å². The van der Waals surface area contributed by atoms with Crippen LogP contribution in [0.3, 0.4) is 0 Å². The van der Waals surface area contributed by atoms with E-state index in [1.54, 1.807) is 7.05 Å². The quantitative estimate of drug-likeness (QED) is 0.541. The molecule has 0 aliphatic carbocycles. The first-order valence-corrected chi connectivity index (χ1v) is 3.42. The van der Waals surface area contributed by atoms with Crippen LogP contribution in [0.15, 0.2) is 11.1 Å². The molecule has 0 unspecified atom stereocenters. The number of anilines is 1. The zero-order valence-corrected chi connectivity index (χ0v) is 6.38. The molecule has 0 fully saturated rings. The third-order valence-corrected chi connectivity index (χ3v) is 1.53. The molecule has 6 nitrogen and oxygen atoms in total. The Kier molecular flexibility index (Phi) is 1.33. The van der Waals surface area contributed by atoms with Gasteiger partial charge in [-0.25, -0.2) is 4.98 Å². The van der Waals surface area contributed by atoms with Gasteiger partial charge in [-0.1, -0.05) is 0 Å². The fraction of sp³-hybridized carbons (Fsp3) is 0.167. The van der Waals surface area contributed by atoms with Gasteiger partial charge in [0, 0.05) is 7.05 Å². The van der Waals surface area contributed by atoms with Crippen molar-refractivity contribution < 1.29 is 0 Å². The standard InChI is InChI=1S/C6H7N5O/c1-7-6-10-3-4(11-6)8-2-9-5(3)12/h2H,1H3,(H3,7,8,9,10,11,12). The summed E-state index contributed by atoms with van der Waals surface area (Å²) in [6, 6.07) is 0. The van der Waals surface area contributed by atoms with E-state index in [-0.39, 0.29) is 5.56 Å². The van der Waals surface area contributed by atoms with E-state index >= 15 is 0 Å². The van der Waals surface area contributed by atoms with Gasteiger partial charge in [-0.15, -0.1) is 0 Å². The SMILES string of the molecule is CNc1nc2nc[nH]c(=O)c2[nH]1. The second-order valence-corrected chi connectivity index (χ2v) is 2.27. The van der Waals surface area contributed by atoms with Gasteiger partial charge in [0.05, 0.1) is 6.33 Å². The van der Waals surface area contributed by atoms with Crippen molar-refractivity contribution in [2.75, 3.05) is 12.4 Å². The highest BCUT2D eigenvalue weighted by atomic mass is 16.1. The van der Waals surface area contributed by atoms with Gasteiger partial charge in [-0.2, -0.15) is 4.98 Å². The third-order valence-electron chi connectivity index (χ3n) is 1.53. The number of rotatable bonds is 1. The summed E-state index contributed by atoms with van der Waals surface area (Å²) in [5.74, 6) is 0.536. The summed E-state index contributed by atoms with van der Waals surface area (Å²) in [7, 11) is 1.71. The number of aromatic nitrogens is 4. The molecule has 0 spiro atoms. The summed E-state index contributed by atoms with van der Waals surface area (Å²) in [5.41, 5.74) is 0.596. The summed E-state index contributed by atoms with van der Waals surface area (Å²) >= 11 is 0. The summed E-state index contributed by atoms with van der Waals surface area (Å²) in [4.78, 5) is 24.2. The zero-order chi connectivity index (χ0) is 8.55. The van der Waals surface area contributed by atoms with Gasteiger partial charge in [0.2, 0.25) is 5.95 Å². The summed E-state index contributed by atoms with van der Waals surface area (Å²) in [6.07, 6.45) is 1.32. The maximum atomic E-state index is 11.1. The maximum Gasteiger partial charge on any atom is 0.276 e. The van der Waals surface area contributed by atoms with Gasteiger partial charge >= 0.3 is 0 Å². The van der Waals surface area contributed by atoms with Crippen molar-refractivity contribution in [2.45, 2.75) is 0 Å². The van der Waals surface area contributed by atoms with Crippen LogP contribution in [0.1, 0.15) is 0 Å². The number of nitrogens with one attached hydrogen (secondary N) is 3. The van der Waals surface area contributed by atoms with E-state index in [1.807, 2.05) is 0 Å². The van der Waals surface area contributed by atoms with Gasteiger partial charge in [-0.05, 0) is 0 Å². The predicted octanol–water partition coefficient (Wildman–Crippen LogP) is -0.312. The lowest BCUT2D eigenvalue weighted by Gasteiger charge is -1.86. The van der Waals surface area contributed by atoms with Crippen LogP contribution in [0, 0.1) is 0 Å². The van der Waals surface area contributed by atoms with Crippen LogP contribution in [0.2, 0.25) is 0 Å². The van der Waals surface area contributed by atoms with Crippen LogP contribution in [0.25, 0.3) is 11.2 Å². The Morgan fingerprint density at radius 3 is 3.08 bits per heavy atom. The molecule has 0 atom stereocenters. The van der Waals surface area contributed by atoms with Crippen molar-refractivity contribution in [1.29, 1.82) is 0 Å². The molecular formula is C6H7N5O. The highest BCUT2D eigenvalue weighted by molar-refractivity contribution is 5.71. The molecule has 3 N–H and O–H groups in total. The van der Waals surface area contributed by atoms with Crippen molar-refractivity contribution in [2.24, 2.45) is 0 Å². The van der Waals surface area contributed by atoms with Crippen LogP contribution in [0.4, 0.5) is 5.95 Å². The fourth-order valence-electron chi connectivity index (χ4n) is 0.958. The first kappa shape index (κ1) is 6.84. The maximum absolute atomic E-state index is 11.1. The Hall–Kier alpha value is -1.85. The summed E-state index contributed by atoms with van der Waals surface area (Å²) in [6.45, 7) is 0. The molecule has 2 rings (SSSR count). The number of H-pyrrole nitrogens is 2. The molecule has 2 heterocycles. The van der Waals surface area contributed by atoms with E-state index in [9.17, 15) is 4.79 Å². The first-order valence-electron chi connectivity index (χ1n) is 3.42. The molecule has 2 aromatic heterocycles. The Labute approximate surface area is 67.1 Å². The van der Waals surface area contributed by atoms with Gasteiger partial charge < -0.3 is 15.3 Å². The molecule has 0 radical (unpaired) electrons. The molecule has 0 saturated heterocycles. The van der Waals surface area contributed by atoms with Crippen molar-refractivity contribution in [3.8, 4) is 0 Å². The normalized spacial score (nSPS) is 10.4. The van der Waals surface area contributed by atoms with Crippen LogP contribution >= 0.6 is 0 Å². The van der Waals surface area contributed by atoms with E-state index in [2.05, 4.69) is 25.3 Å². The minimum Gasteiger partial charge on any atom is -0.359 e. The number of aromatic amines is 2. The molecule has 2 aromatic rings. The number of fused-ring (bicyclic) bond motifs is 1. The highest BCUT2D eigenvalue weighted by Gasteiger charge is 2.03. The minimum atomic E-state index is -0.214. The van der Waals surface area contributed by atoms with Crippen molar-refractivity contribution >= 4 is 17.1 Å². The largest absolute Gasteiger partial charge is 0.359 e. The second-order valence-electron chi connectivity index (χ2n) is 2.27. The average Bonchev–Trinajstić information content (AvgIpc) is 2.49.